The molecular formula is C49H31N3OS. The van der Waals surface area contributed by atoms with Crippen LogP contribution in [0, 0.1) is 0 Å². The van der Waals surface area contributed by atoms with Crippen LogP contribution >= 0.6 is 11.3 Å². The second-order valence-corrected chi connectivity index (χ2v) is 15.4. The van der Waals surface area contributed by atoms with Crippen LogP contribution in [0.15, 0.2) is 173 Å². The zero-order chi connectivity index (χ0) is 35.5. The topological polar surface area (TPSA) is 33.7 Å². The second kappa shape index (κ2) is 11.2. The third-order valence-electron chi connectivity index (χ3n) is 11.4. The Kier molecular flexibility index (Phi) is 6.17. The Labute approximate surface area is 314 Å². The third kappa shape index (κ3) is 4.16. The highest BCUT2D eigenvalue weighted by molar-refractivity contribution is 7.19. The summed E-state index contributed by atoms with van der Waals surface area (Å²) >= 11 is 1.84. The lowest BCUT2D eigenvalue weighted by molar-refractivity contribution is 0.428. The van der Waals surface area contributed by atoms with E-state index in [0.717, 1.165) is 44.7 Å². The Bertz CT molecular complexity index is 3380. The maximum absolute atomic E-state index is 6.42. The van der Waals surface area contributed by atoms with Gasteiger partial charge in [-0.2, -0.15) is 0 Å². The molecule has 0 saturated heterocycles. The molecule has 0 spiro atoms. The average Bonchev–Trinajstić information content (AvgIpc) is 3.88. The first-order valence-electron chi connectivity index (χ1n) is 18.4. The molecule has 5 heteroatoms. The first-order valence-corrected chi connectivity index (χ1v) is 19.2. The summed E-state index contributed by atoms with van der Waals surface area (Å²) in [6, 6.07) is 59.2. The first kappa shape index (κ1) is 29.8. The summed E-state index contributed by atoms with van der Waals surface area (Å²) in [5.74, 6) is 0.955. The van der Waals surface area contributed by atoms with Crippen LogP contribution in [-0.2, 0) is 0 Å². The number of hydrogen-bond donors (Lipinski definition) is 0. The van der Waals surface area contributed by atoms with Crippen LogP contribution in [0.5, 0.6) is 0 Å². The predicted molar refractivity (Wildman–Crippen MR) is 227 cm³/mol. The first-order chi connectivity index (χ1) is 26.7. The summed E-state index contributed by atoms with van der Waals surface area (Å²) < 4.78 is 10.1. The minimum Gasteiger partial charge on any atom is -0.456 e. The van der Waals surface area contributed by atoms with E-state index in [1.807, 2.05) is 23.5 Å². The van der Waals surface area contributed by atoms with Crippen molar-refractivity contribution in [1.82, 2.24) is 9.47 Å². The van der Waals surface area contributed by atoms with Gasteiger partial charge in [0.05, 0.1) is 33.3 Å². The summed E-state index contributed by atoms with van der Waals surface area (Å²) in [4.78, 5) is 9.17. The number of hydrogen-bond acceptors (Lipinski definition) is 4. The fourth-order valence-electron chi connectivity index (χ4n) is 8.97. The number of thiophene rings is 1. The van der Waals surface area contributed by atoms with E-state index in [1.54, 1.807) is 0 Å². The van der Waals surface area contributed by atoms with E-state index in [2.05, 4.69) is 168 Å². The maximum Gasteiger partial charge on any atom is 0.137 e. The molecular weight excluding hydrogens is 679 g/mol. The number of aromatic nitrogens is 1. The lowest BCUT2D eigenvalue weighted by Crippen LogP contribution is -2.34. The Morgan fingerprint density at radius 2 is 1.24 bits per heavy atom. The van der Waals surface area contributed by atoms with Crippen LogP contribution in [0.4, 0.5) is 5.69 Å². The highest BCUT2D eigenvalue weighted by Gasteiger charge is 2.34. The molecule has 4 nitrogen and oxygen atoms in total. The van der Waals surface area contributed by atoms with Crippen molar-refractivity contribution in [3.8, 4) is 5.69 Å². The normalized spacial score (nSPS) is 14.6. The zero-order valence-corrected chi connectivity index (χ0v) is 30.1. The highest BCUT2D eigenvalue weighted by Crippen LogP contribution is 2.50. The molecule has 0 saturated carbocycles. The Hall–Kier alpha value is -6.69. The zero-order valence-electron chi connectivity index (χ0n) is 29.3. The van der Waals surface area contributed by atoms with Gasteiger partial charge in [0, 0.05) is 49.6 Å². The quantitative estimate of drug-likeness (QED) is 0.183. The van der Waals surface area contributed by atoms with Crippen molar-refractivity contribution < 1.29 is 4.42 Å². The Morgan fingerprint density at radius 1 is 0.537 bits per heavy atom. The number of aliphatic imine (C=N–C) groups is 1. The molecule has 1 atom stereocenters. The molecule has 8 aromatic carbocycles. The van der Waals surface area contributed by atoms with E-state index < -0.39 is 0 Å². The lowest BCUT2D eigenvalue weighted by Gasteiger charge is -2.35. The molecule has 0 fully saturated rings. The minimum atomic E-state index is -0.0495. The number of benzene rings is 8. The molecule has 0 amide bonds. The number of para-hydroxylation sites is 2. The summed E-state index contributed by atoms with van der Waals surface area (Å²) in [6.07, 6.45) is 0. The van der Waals surface area contributed by atoms with Crippen molar-refractivity contribution in [2.75, 3.05) is 7.05 Å². The molecule has 1 unspecified atom stereocenters. The van der Waals surface area contributed by atoms with Gasteiger partial charge in [-0.1, -0.05) is 121 Å². The van der Waals surface area contributed by atoms with E-state index in [4.69, 9.17) is 9.41 Å². The fraction of sp³-hybridized carbons (Fsp3) is 0.0408. The monoisotopic (exact) mass is 709 g/mol. The molecule has 12 rings (SSSR count). The molecule has 1 aliphatic heterocycles. The van der Waals surface area contributed by atoms with Crippen LogP contribution in [-0.4, -0.2) is 22.4 Å². The van der Waals surface area contributed by atoms with Crippen molar-refractivity contribution in [2.24, 2.45) is 4.99 Å². The summed E-state index contributed by atoms with van der Waals surface area (Å²) in [5, 5.41) is 10.8. The number of fused-ring (bicyclic) bond motifs is 11. The van der Waals surface area contributed by atoms with Crippen LogP contribution < -0.4 is 0 Å². The summed E-state index contributed by atoms with van der Waals surface area (Å²) in [5.41, 5.74) is 8.72. The van der Waals surface area contributed by atoms with E-state index in [1.165, 1.54) is 63.9 Å². The number of furan rings is 1. The van der Waals surface area contributed by atoms with Gasteiger partial charge in [0.15, 0.2) is 0 Å². The van der Waals surface area contributed by atoms with Gasteiger partial charge in [-0.3, -0.25) is 0 Å². The largest absolute Gasteiger partial charge is 0.456 e. The number of nitrogens with zero attached hydrogens (tertiary/aromatic N) is 3. The Morgan fingerprint density at radius 3 is 2.15 bits per heavy atom. The van der Waals surface area contributed by atoms with Crippen molar-refractivity contribution in [1.29, 1.82) is 0 Å². The lowest BCUT2D eigenvalue weighted by atomic mass is 9.96. The van der Waals surface area contributed by atoms with Gasteiger partial charge < -0.3 is 13.9 Å². The van der Waals surface area contributed by atoms with E-state index in [-0.39, 0.29) is 6.04 Å². The van der Waals surface area contributed by atoms with Gasteiger partial charge in [0.25, 0.3) is 0 Å². The highest BCUT2D eigenvalue weighted by atomic mass is 32.1. The van der Waals surface area contributed by atoms with Gasteiger partial charge >= 0.3 is 0 Å². The Balaban J connectivity index is 1.09. The van der Waals surface area contributed by atoms with Gasteiger partial charge in [-0.25, -0.2) is 4.99 Å². The van der Waals surface area contributed by atoms with E-state index in [0.29, 0.717) is 0 Å². The van der Waals surface area contributed by atoms with E-state index >= 15 is 0 Å². The average molecular weight is 710 g/mol. The van der Waals surface area contributed by atoms with Crippen molar-refractivity contribution in [3.63, 3.8) is 0 Å². The second-order valence-electron chi connectivity index (χ2n) is 14.4. The molecule has 54 heavy (non-hydrogen) atoms. The van der Waals surface area contributed by atoms with E-state index in [9.17, 15) is 0 Å². The smallest absolute Gasteiger partial charge is 0.137 e. The number of amidine groups is 1. The van der Waals surface area contributed by atoms with Gasteiger partial charge in [-0.05, 0) is 64.2 Å². The predicted octanol–water partition coefficient (Wildman–Crippen LogP) is 13.3. The van der Waals surface area contributed by atoms with Gasteiger partial charge in [-0.15, -0.1) is 11.3 Å². The molecule has 0 radical (unpaired) electrons. The minimum absolute atomic E-state index is 0.0495. The molecule has 0 bridgehead atoms. The fourth-order valence-corrected chi connectivity index (χ4v) is 10.3. The standard InChI is InChI=1S/C49H31N3OS/c1-51-47(31-24-25-36-35-15-5-8-22-43(35)53-44(36)28-31)48-46(38-16-6-9-23-45(38)54-48)50-49(51)37-19-10-18-33-32(37)17-11-21-41(33)52-40-20-7-4-14-34(40)39-26-29-12-2-3-13-30(29)27-42(39)52/h2-28,47H,1H3. The van der Waals surface area contributed by atoms with Crippen LogP contribution in [0.2, 0.25) is 0 Å². The van der Waals surface area contributed by atoms with Gasteiger partial charge in [0.1, 0.15) is 17.0 Å². The van der Waals surface area contributed by atoms with Crippen LogP contribution in [0.1, 0.15) is 22.0 Å². The van der Waals surface area contributed by atoms with Crippen molar-refractivity contribution in [2.45, 2.75) is 6.04 Å². The number of rotatable bonds is 3. The maximum atomic E-state index is 6.42. The van der Waals surface area contributed by atoms with Crippen molar-refractivity contribution in [3.05, 3.63) is 180 Å². The molecule has 254 valence electrons. The molecule has 11 aromatic rings. The van der Waals surface area contributed by atoms with Gasteiger partial charge in [0.2, 0.25) is 0 Å². The third-order valence-corrected chi connectivity index (χ3v) is 12.6. The van der Waals surface area contributed by atoms with Crippen molar-refractivity contribution >= 4 is 98.2 Å². The molecule has 0 aliphatic carbocycles. The molecule has 4 heterocycles. The molecule has 3 aromatic heterocycles. The molecule has 0 N–H and O–H groups in total. The summed E-state index contributed by atoms with van der Waals surface area (Å²) in [6.45, 7) is 0. The molecule has 1 aliphatic rings. The van der Waals surface area contributed by atoms with Crippen LogP contribution in [0.3, 0.4) is 0 Å². The SMILES string of the molecule is CN1C(c2cccc3c(-n4c5ccccc5c5cc6ccccc6cc54)cccc23)=Nc2c(sc3ccccc23)C1c1ccc2c(c1)oc1ccccc12. The summed E-state index contributed by atoms with van der Waals surface area (Å²) in [7, 11) is 2.19. The van der Waals surface area contributed by atoms with Crippen LogP contribution in [0.25, 0.3) is 81.1 Å².